The molecule has 0 saturated heterocycles. The number of rotatable bonds is 9. The second kappa shape index (κ2) is 15.5. The van der Waals surface area contributed by atoms with Crippen LogP contribution in [0.4, 0.5) is 34.1 Å². The lowest BCUT2D eigenvalue weighted by atomic mass is 9.86. The van der Waals surface area contributed by atoms with Crippen LogP contribution in [0.3, 0.4) is 0 Å². The monoisotopic (exact) mass is 759 g/mol. The van der Waals surface area contributed by atoms with Crippen LogP contribution in [0.5, 0.6) is 0 Å². The Balaban J connectivity index is 1.08. The van der Waals surface area contributed by atoms with Crippen molar-refractivity contribution in [2.45, 2.75) is 26.2 Å². The molecule has 3 nitrogen and oxygen atoms in total. The molecule has 1 unspecified atom stereocenters. The van der Waals surface area contributed by atoms with Gasteiger partial charge in [-0.05, 0) is 157 Å². The minimum absolute atomic E-state index is 0.214. The van der Waals surface area contributed by atoms with Gasteiger partial charge in [-0.2, -0.15) is 0 Å². The lowest BCUT2D eigenvalue weighted by molar-refractivity contribution is 0.825. The van der Waals surface area contributed by atoms with Gasteiger partial charge in [0.15, 0.2) is 0 Å². The van der Waals surface area contributed by atoms with Gasteiger partial charge in [-0.15, -0.1) is 0 Å². The Morgan fingerprint density at radius 1 is 0.475 bits per heavy atom. The van der Waals surface area contributed by atoms with Crippen LogP contribution in [0.15, 0.2) is 212 Å². The molecule has 10 rings (SSSR count). The fraction of sp³-hybridized carbons (Fsp3) is 0.0714. The van der Waals surface area contributed by atoms with Crippen LogP contribution in [-0.4, -0.2) is 4.57 Å². The number of nitrogens with zero attached hydrogens (tertiary/aromatic N) is 3. The van der Waals surface area contributed by atoms with E-state index in [1.54, 1.807) is 0 Å². The van der Waals surface area contributed by atoms with Crippen LogP contribution in [0.1, 0.15) is 33.9 Å². The molecule has 3 heteroatoms. The molecule has 0 bridgehead atoms. The molecule has 0 spiro atoms. The zero-order valence-electron chi connectivity index (χ0n) is 33.4. The Morgan fingerprint density at radius 2 is 1.03 bits per heavy atom. The summed E-state index contributed by atoms with van der Waals surface area (Å²) in [5.41, 5.74) is 18.1. The van der Waals surface area contributed by atoms with E-state index in [0.29, 0.717) is 0 Å². The number of anilines is 6. The minimum atomic E-state index is 0.214. The molecule has 59 heavy (non-hydrogen) atoms. The number of fused-ring (bicyclic) bond motifs is 3. The third-order valence-corrected chi connectivity index (χ3v) is 11.7. The first-order chi connectivity index (χ1) is 29.1. The molecule has 1 atom stereocenters. The van der Waals surface area contributed by atoms with Crippen LogP contribution in [0.2, 0.25) is 0 Å². The van der Waals surface area contributed by atoms with E-state index >= 15 is 0 Å². The molecule has 8 aromatic carbocycles. The van der Waals surface area contributed by atoms with E-state index in [2.05, 4.69) is 247 Å². The summed E-state index contributed by atoms with van der Waals surface area (Å²) in [5, 5.41) is 1.30. The van der Waals surface area contributed by atoms with Crippen LogP contribution >= 0.6 is 0 Å². The van der Waals surface area contributed by atoms with Gasteiger partial charge in [0.25, 0.3) is 0 Å². The van der Waals surface area contributed by atoms with Crippen LogP contribution in [0, 0.1) is 13.8 Å². The number of hydrogen-bond acceptors (Lipinski definition) is 2. The Hall–Kier alpha value is -7.36. The molecular formula is C56H45N3. The van der Waals surface area contributed by atoms with Crippen LogP contribution < -0.4 is 9.80 Å². The molecule has 1 heterocycles. The normalized spacial score (nSPS) is 13.3. The fourth-order valence-electron chi connectivity index (χ4n) is 8.86. The van der Waals surface area contributed by atoms with Gasteiger partial charge in [0, 0.05) is 56.8 Å². The summed E-state index contributed by atoms with van der Waals surface area (Å²) in [7, 11) is 0. The summed E-state index contributed by atoms with van der Waals surface area (Å²) in [6.07, 6.45) is 5.68. The molecule has 0 fully saturated rings. The van der Waals surface area contributed by atoms with Crippen molar-refractivity contribution in [3.63, 3.8) is 0 Å². The van der Waals surface area contributed by atoms with Crippen LogP contribution in [-0.2, 0) is 6.42 Å². The minimum Gasteiger partial charge on any atom is -0.310 e. The molecule has 0 aliphatic heterocycles. The first kappa shape index (κ1) is 36.0. The molecule has 1 aliphatic rings. The number of aromatic nitrogens is 1. The van der Waals surface area contributed by atoms with Gasteiger partial charge in [0.05, 0.1) is 5.52 Å². The molecule has 0 saturated carbocycles. The van der Waals surface area contributed by atoms with Crippen molar-refractivity contribution in [2.75, 3.05) is 9.80 Å². The Kier molecular flexibility index (Phi) is 9.48. The zero-order chi connectivity index (χ0) is 39.7. The molecule has 284 valence electrons. The van der Waals surface area contributed by atoms with E-state index in [1.807, 2.05) is 0 Å². The smallest absolute Gasteiger partial charge is 0.0538 e. The van der Waals surface area contributed by atoms with Crippen molar-refractivity contribution < 1.29 is 0 Å². The molecule has 1 aliphatic carbocycles. The van der Waals surface area contributed by atoms with E-state index < -0.39 is 0 Å². The quantitative estimate of drug-likeness (QED) is 0.145. The number of benzene rings is 8. The molecule has 0 amide bonds. The number of allylic oxidation sites excluding steroid dienone is 1. The highest BCUT2D eigenvalue weighted by Gasteiger charge is 2.25. The van der Waals surface area contributed by atoms with E-state index in [9.17, 15) is 0 Å². The van der Waals surface area contributed by atoms with Gasteiger partial charge < -0.3 is 14.4 Å². The van der Waals surface area contributed by atoms with Crippen molar-refractivity contribution >= 4 is 51.1 Å². The van der Waals surface area contributed by atoms with Crippen molar-refractivity contribution in [3.05, 3.63) is 240 Å². The highest BCUT2D eigenvalue weighted by Crippen LogP contribution is 2.43. The number of aryl methyl sites for hydroxylation is 2. The largest absolute Gasteiger partial charge is 0.310 e. The predicted octanol–water partition coefficient (Wildman–Crippen LogP) is 15.2. The van der Waals surface area contributed by atoms with Gasteiger partial charge in [0.1, 0.15) is 0 Å². The second-order valence-electron chi connectivity index (χ2n) is 15.5. The fourth-order valence-corrected chi connectivity index (χ4v) is 8.86. The van der Waals surface area contributed by atoms with E-state index in [0.717, 1.165) is 40.5 Å². The Bertz CT molecular complexity index is 2890. The van der Waals surface area contributed by atoms with E-state index in [-0.39, 0.29) is 5.92 Å². The SMILES string of the molecule is Cc1cccc(N(c2ccccc2)c2cccc(C3C=Cc4c(c5cc(-c6cc(N(c7ccccc7)c7ccccc7)ccc6C)ccc5n4-c4ccccc4)C3)c2)c1. The standard InChI is InChI=1S/C56H45N3/c1-40-17-15-27-49(35-40)58(47-23-11-5-12-24-47)50-28-16-18-42(36-50)43-30-33-55-53(37-43)54-38-44(31-34-56(54)59(55)48-25-13-6-14-26-48)52-39-51(32-29-41(52)2)57(45-19-7-3-8-20-45)46-21-9-4-10-22-46/h3-36,38-39,43H,37H2,1-2H3. The summed E-state index contributed by atoms with van der Waals surface area (Å²) in [5.74, 6) is 0.214. The van der Waals surface area contributed by atoms with E-state index in [1.165, 1.54) is 55.7 Å². The molecule has 0 N–H and O–H groups in total. The van der Waals surface area contributed by atoms with Gasteiger partial charge in [-0.1, -0.05) is 115 Å². The van der Waals surface area contributed by atoms with E-state index in [4.69, 9.17) is 0 Å². The average molecular weight is 760 g/mol. The molecule has 1 aromatic heterocycles. The van der Waals surface area contributed by atoms with Gasteiger partial charge in [-0.3, -0.25) is 0 Å². The second-order valence-corrected chi connectivity index (χ2v) is 15.5. The summed E-state index contributed by atoms with van der Waals surface area (Å²) in [6, 6.07) is 74.6. The lowest BCUT2D eigenvalue weighted by Crippen LogP contribution is -2.12. The number of hydrogen-bond donors (Lipinski definition) is 0. The lowest BCUT2D eigenvalue weighted by Gasteiger charge is -2.27. The average Bonchev–Trinajstić information content (AvgIpc) is 3.62. The van der Waals surface area contributed by atoms with Crippen molar-refractivity contribution in [3.8, 4) is 16.8 Å². The van der Waals surface area contributed by atoms with Crippen molar-refractivity contribution in [1.82, 2.24) is 4.57 Å². The maximum absolute atomic E-state index is 2.45. The van der Waals surface area contributed by atoms with Crippen molar-refractivity contribution in [2.24, 2.45) is 0 Å². The summed E-state index contributed by atoms with van der Waals surface area (Å²) >= 11 is 0. The molecule has 9 aromatic rings. The first-order valence-electron chi connectivity index (χ1n) is 20.5. The van der Waals surface area contributed by atoms with Gasteiger partial charge in [-0.25, -0.2) is 0 Å². The Labute approximate surface area is 347 Å². The first-order valence-corrected chi connectivity index (χ1v) is 20.5. The van der Waals surface area contributed by atoms with Crippen molar-refractivity contribution in [1.29, 1.82) is 0 Å². The van der Waals surface area contributed by atoms with Crippen LogP contribution in [0.25, 0.3) is 33.8 Å². The third-order valence-electron chi connectivity index (χ3n) is 11.7. The molecular weight excluding hydrogens is 715 g/mol. The highest BCUT2D eigenvalue weighted by molar-refractivity contribution is 5.95. The number of para-hydroxylation sites is 4. The summed E-state index contributed by atoms with van der Waals surface area (Å²) < 4.78 is 2.45. The van der Waals surface area contributed by atoms with Gasteiger partial charge in [0.2, 0.25) is 0 Å². The van der Waals surface area contributed by atoms with Gasteiger partial charge >= 0.3 is 0 Å². The third kappa shape index (κ3) is 6.91. The maximum atomic E-state index is 2.45. The summed E-state index contributed by atoms with van der Waals surface area (Å²) in [4.78, 5) is 4.71. The highest BCUT2D eigenvalue weighted by atomic mass is 15.1. The Morgan fingerprint density at radius 3 is 1.68 bits per heavy atom. The zero-order valence-corrected chi connectivity index (χ0v) is 33.4. The predicted molar refractivity (Wildman–Crippen MR) is 249 cm³/mol. The molecule has 0 radical (unpaired) electrons. The maximum Gasteiger partial charge on any atom is 0.0538 e. The summed E-state index contributed by atoms with van der Waals surface area (Å²) in [6.45, 7) is 4.39. The topological polar surface area (TPSA) is 11.4 Å².